The monoisotopic (exact) mass is 289 g/mol. The Morgan fingerprint density at radius 2 is 2.10 bits per heavy atom. The second-order valence-electron chi connectivity index (χ2n) is 5.23. The first-order chi connectivity index (χ1) is 10.0. The minimum Gasteiger partial charge on any atom is -0.493 e. The summed E-state index contributed by atoms with van der Waals surface area (Å²) in [4.78, 5) is 16.1. The highest BCUT2D eigenvalue weighted by Crippen LogP contribution is 2.29. The van der Waals surface area contributed by atoms with Gasteiger partial charge in [0.1, 0.15) is 0 Å². The smallest absolute Gasteiger partial charge is 0.367 e. The fourth-order valence-corrected chi connectivity index (χ4v) is 1.84. The fourth-order valence-electron chi connectivity index (χ4n) is 1.84. The molecule has 0 unspecified atom stereocenters. The Balaban J connectivity index is 2.25. The number of rotatable bonds is 5. The molecule has 5 heteroatoms. The first kappa shape index (κ1) is 15.1. The van der Waals surface area contributed by atoms with E-state index in [1.54, 1.807) is 20.1 Å². The van der Waals surface area contributed by atoms with Crippen molar-refractivity contribution >= 4 is 17.8 Å². The minimum atomic E-state index is -0.438. The van der Waals surface area contributed by atoms with E-state index in [0.717, 1.165) is 5.56 Å². The summed E-state index contributed by atoms with van der Waals surface area (Å²) in [5.41, 5.74) is 1.85. The van der Waals surface area contributed by atoms with Crippen molar-refractivity contribution in [3.63, 3.8) is 0 Å². The molecule has 0 N–H and O–H groups in total. The van der Waals surface area contributed by atoms with E-state index in [2.05, 4.69) is 23.8 Å². The molecule has 0 saturated carbocycles. The van der Waals surface area contributed by atoms with Gasteiger partial charge in [-0.25, -0.2) is 4.79 Å². The first-order valence-corrected chi connectivity index (χ1v) is 6.80. The van der Waals surface area contributed by atoms with Gasteiger partial charge in [0.05, 0.1) is 25.0 Å². The van der Waals surface area contributed by atoms with Crippen LogP contribution in [0.2, 0.25) is 0 Å². The summed E-state index contributed by atoms with van der Waals surface area (Å²) in [6.45, 7) is 6.52. The van der Waals surface area contributed by atoms with Crippen LogP contribution in [0.1, 0.15) is 26.3 Å². The van der Waals surface area contributed by atoms with Crippen LogP contribution < -0.4 is 9.47 Å². The van der Waals surface area contributed by atoms with Crippen molar-refractivity contribution in [2.45, 2.75) is 20.8 Å². The molecule has 1 heterocycles. The molecule has 0 amide bonds. The van der Waals surface area contributed by atoms with Crippen molar-refractivity contribution < 1.29 is 19.1 Å². The molecule has 2 rings (SSSR count). The highest BCUT2D eigenvalue weighted by Gasteiger charge is 2.21. The molecule has 5 nitrogen and oxygen atoms in total. The van der Waals surface area contributed by atoms with E-state index in [0.29, 0.717) is 35.3 Å². The van der Waals surface area contributed by atoms with Crippen molar-refractivity contribution in [3.05, 3.63) is 29.3 Å². The van der Waals surface area contributed by atoms with Gasteiger partial charge < -0.3 is 14.3 Å². The van der Waals surface area contributed by atoms with Crippen LogP contribution in [0.3, 0.4) is 0 Å². The summed E-state index contributed by atoms with van der Waals surface area (Å²) in [5.74, 6) is 1.31. The number of carbonyl (C=O) groups is 1. The van der Waals surface area contributed by atoms with Crippen LogP contribution in [0.15, 0.2) is 28.9 Å². The number of oxime groups is 1. The molecule has 0 aromatic heterocycles. The molecule has 0 atom stereocenters. The Bertz CT molecular complexity index is 602. The Morgan fingerprint density at radius 1 is 1.33 bits per heavy atom. The van der Waals surface area contributed by atoms with E-state index >= 15 is 0 Å². The Labute approximate surface area is 124 Å². The summed E-state index contributed by atoms with van der Waals surface area (Å²) in [6, 6.07) is 5.52. The average Bonchev–Trinajstić information content (AvgIpc) is 2.77. The molecule has 0 spiro atoms. The van der Waals surface area contributed by atoms with Crippen molar-refractivity contribution in [2.24, 2.45) is 11.1 Å². The lowest BCUT2D eigenvalue weighted by molar-refractivity contribution is -0.136. The fraction of sp³-hybridized carbons (Fsp3) is 0.375. The third kappa shape index (κ3) is 3.62. The molecular weight excluding hydrogens is 270 g/mol. The number of carbonyl (C=O) groups excluding carboxylic acids is 1. The molecule has 21 heavy (non-hydrogen) atoms. The number of hydrogen-bond acceptors (Lipinski definition) is 5. The van der Waals surface area contributed by atoms with E-state index in [1.165, 1.54) is 0 Å². The maximum Gasteiger partial charge on any atom is 0.367 e. The molecule has 1 aromatic rings. The lowest BCUT2D eigenvalue weighted by atomic mass is 10.1. The average molecular weight is 289 g/mol. The van der Waals surface area contributed by atoms with E-state index in [4.69, 9.17) is 9.47 Å². The summed E-state index contributed by atoms with van der Waals surface area (Å²) < 4.78 is 11.0. The minimum absolute atomic E-state index is 0.434. The molecule has 0 fully saturated rings. The summed E-state index contributed by atoms with van der Waals surface area (Å²) in [6.07, 6.45) is 1.73. The van der Waals surface area contributed by atoms with Crippen LogP contribution in [0.4, 0.5) is 0 Å². The van der Waals surface area contributed by atoms with E-state index in [-0.39, 0.29) is 0 Å². The maximum atomic E-state index is 11.5. The number of nitrogens with zero attached hydrogens (tertiary/aromatic N) is 1. The van der Waals surface area contributed by atoms with Gasteiger partial charge >= 0.3 is 5.97 Å². The second kappa shape index (κ2) is 6.43. The molecule has 0 radical (unpaired) electrons. The SMILES string of the molecule is COc1cc(/C=C2\C(=O)ON=C2C)ccc1OCC(C)C. The molecule has 0 bridgehead atoms. The Kier molecular flexibility index (Phi) is 4.62. The molecule has 112 valence electrons. The van der Waals surface area contributed by atoms with Gasteiger partial charge in [0, 0.05) is 0 Å². The predicted molar refractivity (Wildman–Crippen MR) is 80.5 cm³/mol. The van der Waals surface area contributed by atoms with Crippen LogP contribution in [0, 0.1) is 5.92 Å². The number of benzene rings is 1. The van der Waals surface area contributed by atoms with E-state index in [1.807, 2.05) is 18.2 Å². The van der Waals surface area contributed by atoms with Gasteiger partial charge in [-0.2, -0.15) is 0 Å². The second-order valence-corrected chi connectivity index (χ2v) is 5.23. The first-order valence-electron chi connectivity index (χ1n) is 6.80. The maximum absolute atomic E-state index is 11.5. The van der Waals surface area contributed by atoms with E-state index < -0.39 is 5.97 Å². The normalized spacial score (nSPS) is 16.1. The highest BCUT2D eigenvalue weighted by atomic mass is 16.7. The van der Waals surface area contributed by atoms with E-state index in [9.17, 15) is 4.79 Å². The number of methoxy groups -OCH3 is 1. The standard InChI is InChI=1S/C16H19NO4/c1-10(2)9-20-14-6-5-12(8-15(14)19-4)7-13-11(3)17-21-16(13)18/h5-8,10H,9H2,1-4H3/b13-7-. The van der Waals surface area contributed by atoms with Crippen LogP contribution in [-0.4, -0.2) is 25.4 Å². The molecule has 1 aliphatic rings. The molecular formula is C16H19NO4. The van der Waals surface area contributed by atoms with Crippen molar-refractivity contribution in [1.29, 1.82) is 0 Å². The van der Waals surface area contributed by atoms with Crippen molar-refractivity contribution in [3.8, 4) is 11.5 Å². The molecule has 0 aliphatic carbocycles. The summed E-state index contributed by atoms with van der Waals surface area (Å²) in [5, 5.41) is 3.65. The largest absolute Gasteiger partial charge is 0.493 e. The predicted octanol–water partition coefficient (Wildman–Crippen LogP) is 3.05. The Morgan fingerprint density at radius 3 is 2.67 bits per heavy atom. The van der Waals surface area contributed by atoms with Crippen molar-refractivity contribution in [1.82, 2.24) is 0 Å². The van der Waals surface area contributed by atoms with Crippen LogP contribution in [0.5, 0.6) is 11.5 Å². The molecule has 1 aromatic carbocycles. The number of hydrogen-bond donors (Lipinski definition) is 0. The quantitative estimate of drug-likeness (QED) is 0.617. The van der Waals surface area contributed by atoms with Gasteiger partial charge in [-0.15, -0.1) is 0 Å². The lowest BCUT2D eigenvalue weighted by Gasteiger charge is -2.12. The third-order valence-electron chi connectivity index (χ3n) is 2.95. The zero-order chi connectivity index (χ0) is 15.4. The number of ether oxygens (including phenoxy) is 2. The van der Waals surface area contributed by atoms with Gasteiger partial charge in [-0.1, -0.05) is 25.1 Å². The zero-order valence-electron chi connectivity index (χ0n) is 12.7. The zero-order valence-corrected chi connectivity index (χ0v) is 12.7. The Hall–Kier alpha value is -2.30. The summed E-state index contributed by atoms with van der Waals surface area (Å²) in [7, 11) is 1.59. The van der Waals surface area contributed by atoms with Gasteiger partial charge in [0.25, 0.3) is 0 Å². The molecule has 0 saturated heterocycles. The lowest BCUT2D eigenvalue weighted by Crippen LogP contribution is -2.05. The van der Waals surface area contributed by atoms with Crippen LogP contribution in [-0.2, 0) is 9.63 Å². The highest BCUT2D eigenvalue weighted by molar-refractivity contribution is 6.24. The van der Waals surface area contributed by atoms with Crippen LogP contribution in [0.25, 0.3) is 6.08 Å². The summed E-state index contributed by atoms with van der Waals surface area (Å²) >= 11 is 0. The van der Waals surface area contributed by atoms with Gasteiger partial charge in [-0.05, 0) is 36.6 Å². The topological polar surface area (TPSA) is 57.1 Å². The van der Waals surface area contributed by atoms with Crippen molar-refractivity contribution in [2.75, 3.05) is 13.7 Å². The van der Waals surface area contributed by atoms with Gasteiger partial charge in [-0.3, -0.25) is 0 Å². The third-order valence-corrected chi connectivity index (χ3v) is 2.95. The van der Waals surface area contributed by atoms with Gasteiger partial charge in [0.2, 0.25) is 0 Å². The molecule has 1 aliphatic heterocycles. The van der Waals surface area contributed by atoms with Crippen LogP contribution >= 0.6 is 0 Å². The van der Waals surface area contributed by atoms with Gasteiger partial charge in [0.15, 0.2) is 11.5 Å².